The second kappa shape index (κ2) is 30.8. The van der Waals surface area contributed by atoms with Gasteiger partial charge in [-0.25, -0.2) is 0 Å². The molecule has 0 amide bonds. The zero-order valence-electron chi connectivity index (χ0n) is 26.9. The zero-order chi connectivity index (χ0) is 29.5. The van der Waals surface area contributed by atoms with E-state index in [1.165, 1.54) is 97.0 Å². The van der Waals surface area contributed by atoms with E-state index < -0.39 is 0 Å². The molecule has 0 atom stereocenters. The average Bonchev–Trinajstić information content (AvgIpc) is 2.95. The molecule has 238 valence electrons. The number of unbranched alkanes of at least 4 members (excludes halogenated alkanes) is 16. The maximum Gasteiger partial charge on any atom is 0.306 e. The Morgan fingerprint density at radius 3 is 1.52 bits per heavy atom. The van der Waals surface area contributed by atoms with Crippen LogP contribution in [-0.2, 0) is 19.1 Å². The van der Waals surface area contributed by atoms with Crippen molar-refractivity contribution in [1.29, 1.82) is 0 Å². The molecule has 0 aliphatic carbocycles. The molecule has 0 saturated carbocycles. The number of carbonyl (C=O) groups is 2. The molecular weight excluding hydrogens is 502 g/mol. The lowest BCUT2D eigenvalue weighted by molar-refractivity contribution is -0.150. The summed E-state index contributed by atoms with van der Waals surface area (Å²) in [5.41, 5.74) is 0. The van der Waals surface area contributed by atoms with Crippen LogP contribution in [0.25, 0.3) is 0 Å². The van der Waals surface area contributed by atoms with E-state index in [-0.39, 0.29) is 24.6 Å². The van der Waals surface area contributed by atoms with E-state index >= 15 is 0 Å². The summed E-state index contributed by atoms with van der Waals surface area (Å²) in [6, 6.07) is 0. The lowest BCUT2D eigenvalue weighted by atomic mass is 10.0. The Kier molecular flexibility index (Phi) is 29.9. The molecule has 6 heteroatoms. The van der Waals surface area contributed by atoms with Gasteiger partial charge in [0.05, 0.1) is 13.7 Å². The minimum atomic E-state index is -0.117. The van der Waals surface area contributed by atoms with Crippen LogP contribution >= 0.6 is 0 Å². The Balaban J connectivity index is 4.16. The van der Waals surface area contributed by atoms with Crippen molar-refractivity contribution in [3.05, 3.63) is 0 Å². The summed E-state index contributed by atoms with van der Waals surface area (Å²) in [7, 11) is 1.44. The Labute approximate surface area is 248 Å². The molecule has 0 fully saturated rings. The summed E-state index contributed by atoms with van der Waals surface area (Å²) in [6.07, 6.45) is 26.8. The Morgan fingerprint density at radius 2 is 1.00 bits per heavy atom. The van der Waals surface area contributed by atoms with Crippen LogP contribution in [0.15, 0.2) is 0 Å². The minimum absolute atomic E-state index is 0.0251. The van der Waals surface area contributed by atoms with Gasteiger partial charge in [0.15, 0.2) is 0 Å². The van der Waals surface area contributed by atoms with Crippen molar-refractivity contribution in [2.24, 2.45) is 0 Å². The van der Waals surface area contributed by atoms with Gasteiger partial charge in [-0.3, -0.25) is 9.59 Å². The van der Waals surface area contributed by atoms with Gasteiger partial charge in [-0.1, -0.05) is 104 Å². The van der Waals surface area contributed by atoms with Gasteiger partial charge in [0.25, 0.3) is 0 Å². The van der Waals surface area contributed by atoms with Crippen LogP contribution in [-0.4, -0.2) is 61.4 Å². The van der Waals surface area contributed by atoms with E-state index in [4.69, 9.17) is 4.74 Å². The van der Waals surface area contributed by atoms with Crippen molar-refractivity contribution in [3.8, 4) is 0 Å². The van der Waals surface area contributed by atoms with E-state index in [0.29, 0.717) is 19.4 Å². The molecule has 40 heavy (non-hydrogen) atoms. The number of rotatable bonds is 31. The molecule has 1 N–H and O–H groups in total. The first-order valence-electron chi connectivity index (χ1n) is 17.2. The Hall–Kier alpha value is -1.14. The normalized spacial score (nSPS) is 11.4. The molecule has 0 aromatic rings. The summed E-state index contributed by atoms with van der Waals surface area (Å²) < 4.78 is 10.7. The molecule has 0 bridgehead atoms. The summed E-state index contributed by atoms with van der Waals surface area (Å²) in [6.45, 7) is 7.29. The number of hydrogen-bond acceptors (Lipinski definition) is 6. The Morgan fingerprint density at radius 1 is 0.575 bits per heavy atom. The average molecular weight is 570 g/mol. The van der Waals surface area contributed by atoms with Crippen LogP contribution in [0.1, 0.15) is 168 Å². The van der Waals surface area contributed by atoms with E-state index in [9.17, 15) is 14.7 Å². The van der Waals surface area contributed by atoms with Crippen LogP contribution in [0.2, 0.25) is 0 Å². The quantitative estimate of drug-likeness (QED) is 0.0664. The minimum Gasteiger partial charge on any atom is -0.469 e. The monoisotopic (exact) mass is 570 g/mol. The van der Waals surface area contributed by atoms with Crippen LogP contribution < -0.4 is 0 Å². The molecule has 0 aromatic carbocycles. The third kappa shape index (κ3) is 27.1. The zero-order valence-corrected chi connectivity index (χ0v) is 26.9. The van der Waals surface area contributed by atoms with Crippen molar-refractivity contribution < 1.29 is 24.2 Å². The molecule has 0 rings (SSSR count). The lowest BCUT2D eigenvalue weighted by Crippen LogP contribution is -2.29. The van der Waals surface area contributed by atoms with Crippen molar-refractivity contribution >= 4 is 11.9 Å². The van der Waals surface area contributed by atoms with Gasteiger partial charge >= 0.3 is 11.9 Å². The molecule has 0 spiro atoms. The SMILES string of the molecule is CCCCCCCCC(CCCCCCCC)OC(=O)CCCCN(CCO)CCCCCCCCC(=O)OC. The fourth-order valence-electron chi connectivity index (χ4n) is 5.31. The third-order valence-electron chi connectivity index (χ3n) is 7.91. The number of nitrogens with zero attached hydrogens (tertiary/aromatic N) is 1. The summed E-state index contributed by atoms with van der Waals surface area (Å²) >= 11 is 0. The molecule has 0 saturated heterocycles. The number of carbonyl (C=O) groups excluding carboxylic acids is 2. The molecule has 6 nitrogen and oxygen atoms in total. The summed E-state index contributed by atoms with van der Waals surface area (Å²) in [5.74, 6) is -0.142. The number of methoxy groups -OCH3 is 1. The van der Waals surface area contributed by atoms with Crippen LogP contribution in [0.3, 0.4) is 0 Å². The first-order chi connectivity index (χ1) is 19.6. The highest BCUT2D eigenvalue weighted by atomic mass is 16.5. The van der Waals surface area contributed by atoms with E-state index in [1.54, 1.807) is 0 Å². The molecule has 0 aliphatic heterocycles. The first kappa shape index (κ1) is 38.9. The standard InChI is InChI=1S/C34H67NO5/c1-4-6-8-10-14-18-24-32(25-19-15-11-9-7-5-2)40-34(38)27-21-23-29-35(30-31-36)28-22-17-13-12-16-20-26-33(37)39-3/h32,36H,4-31H2,1-3H3. The van der Waals surface area contributed by atoms with Crippen molar-refractivity contribution in [1.82, 2.24) is 4.90 Å². The molecule has 0 aromatic heterocycles. The maximum absolute atomic E-state index is 12.6. The largest absolute Gasteiger partial charge is 0.469 e. The Bertz CT molecular complexity index is 540. The molecule has 0 unspecified atom stereocenters. The van der Waals surface area contributed by atoms with Crippen molar-refractivity contribution in [2.45, 2.75) is 174 Å². The number of ether oxygens (including phenoxy) is 2. The predicted octanol–water partition coefficient (Wildman–Crippen LogP) is 8.77. The maximum atomic E-state index is 12.6. The van der Waals surface area contributed by atoms with Gasteiger partial charge in [0, 0.05) is 19.4 Å². The van der Waals surface area contributed by atoms with Gasteiger partial charge in [0.2, 0.25) is 0 Å². The predicted molar refractivity (Wildman–Crippen MR) is 168 cm³/mol. The van der Waals surface area contributed by atoms with E-state index in [2.05, 4.69) is 23.5 Å². The number of hydrogen-bond donors (Lipinski definition) is 1. The molecule has 0 aliphatic rings. The highest BCUT2D eigenvalue weighted by Crippen LogP contribution is 2.18. The topological polar surface area (TPSA) is 76.1 Å². The van der Waals surface area contributed by atoms with Gasteiger partial charge in [-0.05, 0) is 64.5 Å². The second-order valence-corrected chi connectivity index (χ2v) is 11.7. The molecule has 0 radical (unpaired) electrons. The third-order valence-corrected chi connectivity index (χ3v) is 7.91. The van der Waals surface area contributed by atoms with Crippen LogP contribution in [0.4, 0.5) is 0 Å². The van der Waals surface area contributed by atoms with Gasteiger partial charge in [-0.15, -0.1) is 0 Å². The number of esters is 2. The van der Waals surface area contributed by atoms with Gasteiger partial charge < -0.3 is 19.5 Å². The van der Waals surface area contributed by atoms with Crippen molar-refractivity contribution in [2.75, 3.05) is 33.4 Å². The first-order valence-corrected chi connectivity index (χ1v) is 17.2. The van der Waals surface area contributed by atoms with E-state index in [0.717, 1.165) is 64.5 Å². The number of aliphatic hydroxyl groups excluding tert-OH is 1. The fraction of sp³-hybridized carbons (Fsp3) is 0.941. The smallest absolute Gasteiger partial charge is 0.306 e. The highest BCUT2D eigenvalue weighted by Gasteiger charge is 2.14. The lowest BCUT2D eigenvalue weighted by Gasteiger charge is -2.21. The molecule has 0 heterocycles. The second-order valence-electron chi connectivity index (χ2n) is 11.7. The van der Waals surface area contributed by atoms with E-state index in [1.807, 2.05) is 0 Å². The highest BCUT2D eigenvalue weighted by molar-refractivity contribution is 5.69. The number of aliphatic hydroxyl groups is 1. The van der Waals surface area contributed by atoms with Gasteiger partial charge in [-0.2, -0.15) is 0 Å². The summed E-state index contributed by atoms with van der Waals surface area (Å²) in [4.78, 5) is 26.1. The summed E-state index contributed by atoms with van der Waals surface area (Å²) in [5, 5.41) is 9.45. The van der Waals surface area contributed by atoms with Crippen molar-refractivity contribution in [3.63, 3.8) is 0 Å². The van der Waals surface area contributed by atoms with Crippen LogP contribution in [0, 0.1) is 0 Å². The fourth-order valence-corrected chi connectivity index (χ4v) is 5.31. The van der Waals surface area contributed by atoms with Crippen LogP contribution in [0.5, 0.6) is 0 Å². The molecular formula is C34H67NO5. The van der Waals surface area contributed by atoms with Gasteiger partial charge in [0.1, 0.15) is 6.10 Å².